The minimum atomic E-state index is -3.38. The van der Waals surface area contributed by atoms with Crippen LogP contribution >= 0.6 is 0 Å². The predicted octanol–water partition coefficient (Wildman–Crippen LogP) is 0.577. The Labute approximate surface area is 118 Å². The summed E-state index contributed by atoms with van der Waals surface area (Å²) in [5, 5.41) is 0. The van der Waals surface area contributed by atoms with Crippen molar-refractivity contribution < 1.29 is 17.5 Å². The number of hydrogen-bond acceptors (Lipinski definition) is 4. The molecular weight excluding hydrogens is 283 g/mol. The van der Waals surface area contributed by atoms with Crippen LogP contribution in [0.5, 0.6) is 0 Å². The first-order chi connectivity index (χ1) is 9.55. The van der Waals surface area contributed by atoms with Crippen LogP contribution in [0.15, 0.2) is 24.3 Å². The van der Waals surface area contributed by atoms with Crippen LogP contribution in [0, 0.1) is 5.82 Å². The molecule has 1 saturated heterocycles. The summed E-state index contributed by atoms with van der Waals surface area (Å²) in [6.07, 6.45) is 0. The average molecular weight is 302 g/mol. The van der Waals surface area contributed by atoms with Gasteiger partial charge in [-0.15, -0.1) is 0 Å². The van der Waals surface area contributed by atoms with Crippen molar-refractivity contribution in [2.75, 3.05) is 39.4 Å². The molecule has 0 unspecified atom stereocenters. The van der Waals surface area contributed by atoms with Gasteiger partial charge in [-0.2, -0.15) is 0 Å². The Morgan fingerprint density at radius 3 is 2.50 bits per heavy atom. The Balaban J connectivity index is 1.77. The SMILES string of the molecule is O=S(=O)(Cc1ccc(F)cc1)NCCN1CCOCC1. The Morgan fingerprint density at radius 1 is 1.20 bits per heavy atom. The normalized spacial score (nSPS) is 17.2. The molecule has 0 amide bonds. The summed E-state index contributed by atoms with van der Waals surface area (Å²) in [6.45, 7) is 4.11. The number of hydrogen-bond donors (Lipinski definition) is 1. The number of ether oxygens (including phenoxy) is 1. The van der Waals surface area contributed by atoms with Gasteiger partial charge in [0.15, 0.2) is 0 Å². The molecule has 1 aliphatic rings. The van der Waals surface area contributed by atoms with Crippen molar-refractivity contribution in [3.63, 3.8) is 0 Å². The molecule has 0 atom stereocenters. The third kappa shape index (κ3) is 5.16. The summed E-state index contributed by atoms with van der Waals surface area (Å²) >= 11 is 0. The summed E-state index contributed by atoms with van der Waals surface area (Å²) in [6, 6.07) is 5.49. The van der Waals surface area contributed by atoms with Gasteiger partial charge in [0.1, 0.15) is 5.82 Å². The Morgan fingerprint density at radius 2 is 1.85 bits per heavy atom. The van der Waals surface area contributed by atoms with Gasteiger partial charge in [0, 0.05) is 26.2 Å². The topological polar surface area (TPSA) is 58.6 Å². The van der Waals surface area contributed by atoms with E-state index in [9.17, 15) is 12.8 Å². The molecule has 1 fully saturated rings. The second-order valence-electron chi connectivity index (χ2n) is 4.73. The molecule has 0 aromatic heterocycles. The van der Waals surface area contributed by atoms with Crippen molar-refractivity contribution in [3.8, 4) is 0 Å². The third-order valence-corrected chi connectivity index (χ3v) is 4.48. The number of benzene rings is 1. The van der Waals surface area contributed by atoms with Crippen molar-refractivity contribution in [3.05, 3.63) is 35.6 Å². The van der Waals surface area contributed by atoms with E-state index in [1.807, 2.05) is 0 Å². The van der Waals surface area contributed by atoms with E-state index in [-0.39, 0.29) is 11.6 Å². The molecule has 1 N–H and O–H groups in total. The van der Waals surface area contributed by atoms with Crippen LogP contribution in [0.1, 0.15) is 5.56 Å². The molecule has 20 heavy (non-hydrogen) atoms. The first-order valence-electron chi connectivity index (χ1n) is 6.57. The third-order valence-electron chi connectivity index (χ3n) is 3.12. The summed E-state index contributed by atoms with van der Waals surface area (Å²) in [7, 11) is -3.38. The van der Waals surface area contributed by atoms with Gasteiger partial charge in [0.25, 0.3) is 0 Å². The van der Waals surface area contributed by atoms with Crippen molar-refractivity contribution in [1.82, 2.24) is 9.62 Å². The maximum atomic E-state index is 12.7. The Kier molecular flexibility index (Phi) is 5.47. The van der Waals surface area contributed by atoms with Crippen molar-refractivity contribution >= 4 is 10.0 Å². The molecule has 0 aliphatic carbocycles. The van der Waals surface area contributed by atoms with Gasteiger partial charge in [0.05, 0.1) is 19.0 Å². The maximum absolute atomic E-state index is 12.7. The lowest BCUT2D eigenvalue weighted by Crippen LogP contribution is -2.41. The lowest BCUT2D eigenvalue weighted by Gasteiger charge is -2.26. The van der Waals surface area contributed by atoms with Gasteiger partial charge in [0.2, 0.25) is 10.0 Å². The lowest BCUT2D eigenvalue weighted by molar-refractivity contribution is 0.0390. The molecule has 7 heteroatoms. The molecule has 1 heterocycles. The molecule has 0 bridgehead atoms. The molecule has 112 valence electrons. The van der Waals surface area contributed by atoms with Crippen LogP contribution in [0.25, 0.3) is 0 Å². The van der Waals surface area contributed by atoms with Crippen molar-refractivity contribution in [2.24, 2.45) is 0 Å². The highest BCUT2D eigenvalue weighted by Crippen LogP contribution is 2.06. The van der Waals surface area contributed by atoms with E-state index in [4.69, 9.17) is 4.74 Å². The molecule has 1 aliphatic heterocycles. The summed E-state index contributed by atoms with van der Waals surface area (Å²) in [5.74, 6) is -0.498. The average Bonchev–Trinajstić information content (AvgIpc) is 2.42. The van der Waals surface area contributed by atoms with E-state index in [1.54, 1.807) is 0 Å². The lowest BCUT2D eigenvalue weighted by atomic mass is 10.2. The molecule has 0 radical (unpaired) electrons. The van der Waals surface area contributed by atoms with Crippen molar-refractivity contribution in [1.29, 1.82) is 0 Å². The van der Waals surface area contributed by atoms with Crippen LogP contribution in [0.3, 0.4) is 0 Å². The highest BCUT2D eigenvalue weighted by Gasteiger charge is 2.14. The minimum absolute atomic E-state index is 0.129. The van der Waals surface area contributed by atoms with Crippen LogP contribution in [0.2, 0.25) is 0 Å². The van der Waals surface area contributed by atoms with Gasteiger partial charge in [-0.25, -0.2) is 17.5 Å². The van der Waals surface area contributed by atoms with E-state index in [0.29, 0.717) is 31.9 Å². The fraction of sp³-hybridized carbons (Fsp3) is 0.538. The number of halogens is 1. The van der Waals surface area contributed by atoms with Crippen molar-refractivity contribution in [2.45, 2.75) is 5.75 Å². The summed E-state index contributed by atoms with van der Waals surface area (Å²) in [5.41, 5.74) is 0.574. The number of sulfonamides is 1. The van der Waals surface area contributed by atoms with Crippen LogP contribution in [-0.4, -0.2) is 52.7 Å². The molecule has 0 spiro atoms. The summed E-state index contributed by atoms with van der Waals surface area (Å²) < 4.78 is 44.3. The van der Waals surface area contributed by atoms with Gasteiger partial charge in [-0.05, 0) is 17.7 Å². The highest BCUT2D eigenvalue weighted by molar-refractivity contribution is 7.88. The highest BCUT2D eigenvalue weighted by atomic mass is 32.2. The standard InChI is InChI=1S/C13H19FN2O3S/c14-13-3-1-12(2-4-13)11-20(17,18)15-5-6-16-7-9-19-10-8-16/h1-4,15H,5-11H2. The first-order valence-corrected chi connectivity index (χ1v) is 8.22. The van der Waals surface area contributed by atoms with Crippen LogP contribution in [0.4, 0.5) is 4.39 Å². The van der Waals surface area contributed by atoms with Gasteiger partial charge in [-0.3, -0.25) is 4.90 Å². The fourth-order valence-corrected chi connectivity index (χ4v) is 3.17. The zero-order valence-corrected chi connectivity index (χ0v) is 12.0. The molecular formula is C13H19FN2O3S. The Bertz CT molecular complexity index is 513. The predicted molar refractivity (Wildman–Crippen MR) is 74.3 cm³/mol. The number of nitrogens with one attached hydrogen (secondary N) is 1. The second kappa shape index (κ2) is 7.12. The minimum Gasteiger partial charge on any atom is -0.379 e. The first kappa shape index (κ1) is 15.4. The van der Waals surface area contributed by atoms with E-state index < -0.39 is 10.0 Å². The summed E-state index contributed by atoms with van der Waals surface area (Å²) in [4.78, 5) is 2.16. The Hall–Kier alpha value is -1.02. The molecule has 5 nitrogen and oxygen atoms in total. The van der Waals surface area contributed by atoms with Gasteiger partial charge >= 0.3 is 0 Å². The van der Waals surface area contributed by atoms with Crippen LogP contribution < -0.4 is 4.72 Å². The van der Waals surface area contributed by atoms with E-state index in [0.717, 1.165) is 13.1 Å². The van der Waals surface area contributed by atoms with E-state index in [1.165, 1.54) is 24.3 Å². The zero-order chi connectivity index (χ0) is 14.4. The monoisotopic (exact) mass is 302 g/mol. The largest absolute Gasteiger partial charge is 0.379 e. The zero-order valence-electron chi connectivity index (χ0n) is 11.2. The molecule has 0 saturated carbocycles. The molecule has 2 rings (SSSR count). The quantitative estimate of drug-likeness (QED) is 0.835. The maximum Gasteiger partial charge on any atom is 0.215 e. The van der Waals surface area contributed by atoms with Crippen LogP contribution in [-0.2, 0) is 20.5 Å². The van der Waals surface area contributed by atoms with Gasteiger partial charge in [-0.1, -0.05) is 12.1 Å². The van der Waals surface area contributed by atoms with E-state index >= 15 is 0 Å². The van der Waals surface area contributed by atoms with Gasteiger partial charge < -0.3 is 4.74 Å². The number of nitrogens with zero attached hydrogens (tertiary/aromatic N) is 1. The fourth-order valence-electron chi connectivity index (χ4n) is 2.04. The van der Waals surface area contributed by atoms with E-state index in [2.05, 4.69) is 9.62 Å². The number of rotatable bonds is 6. The smallest absolute Gasteiger partial charge is 0.215 e. The molecule has 1 aromatic rings. The molecule has 1 aromatic carbocycles. The second-order valence-corrected chi connectivity index (χ2v) is 6.54. The number of morpholine rings is 1.